The predicted molar refractivity (Wildman–Crippen MR) is 179 cm³/mol. The largest absolute Gasteiger partial charge is 0.497 e. The fourth-order valence-corrected chi connectivity index (χ4v) is 6.02. The van der Waals surface area contributed by atoms with Gasteiger partial charge in [0.1, 0.15) is 35.3 Å². The average Bonchev–Trinajstić information content (AvgIpc) is 3.39. The van der Waals surface area contributed by atoms with Crippen molar-refractivity contribution in [2.24, 2.45) is 5.92 Å². The molecule has 2 aromatic carbocycles. The number of piperidine rings is 1. The van der Waals surface area contributed by atoms with Crippen LogP contribution < -0.4 is 19.5 Å². The molecule has 5 rings (SSSR count). The summed E-state index contributed by atoms with van der Waals surface area (Å²) < 4.78 is 43.6. The Labute approximate surface area is 281 Å². The smallest absolute Gasteiger partial charge is 0.410 e. The van der Waals surface area contributed by atoms with Gasteiger partial charge in [-0.15, -0.1) is 0 Å². The van der Waals surface area contributed by atoms with Crippen LogP contribution >= 0.6 is 0 Å². The Morgan fingerprint density at radius 1 is 1.04 bits per heavy atom. The molecule has 0 spiro atoms. The lowest BCUT2D eigenvalue weighted by molar-refractivity contribution is 0.0165. The first-order valence-electron chi connectivity index (χ1n) is 16.2. The van der Waals surface area contributed by atoms with E-state index in [9.17, 15) is 9.59 Å². The predicted octanol–water partition coefficient (Wildman–Crippen LogP) is 6.35. The van der Waals surface area contributed by atoms with Crippen LogP contribution in [0.1, 0.15) is 60.8 Å². The first-order chi connectivity index (χ1) is 23.0. The summed E-state index contributed by atoms with van der Waals surface area (Å²) in [5.74, 6) is 1.28. The maximum Gasteiger partial charge on any atom is 0.410 e. The molecule has 0 aliphatic carbocycles. The van der Waals surface area contributed by atoms with Gasteiger partial charge in [0.15, 0.2) is 5.82 Å². The summed E-state index contributed by atoms with van der Waals surface area (Å²) in [6.07, 6.45) is 1.52. The summed E-state index contributed by atoms with van der Waals surface area (Å²) in [5, 5.41) is 3.28. The highest BCUT2D eigenvalue weighted by Gasteiger charge is 2.37. The Morgan fingerprint density at radius 2 is 1.79 bits per heavy atom. The topological polar surface area (TPSA) is 112 Å². The van der Waals surface area contributed by atoms with Crippen molar-refractivity contribution in [3.05, 3.63) is 70.7 Å². The quantitative estimate of drug-likeness (QED) is 0.221. The van der Waals surface area contributed by atoms with Gasteiger partial charge in [0, 0.05) is 49.6 Å². The van der Waals surface area contributed by atoms with Crippen LogP contribution in [0.4, 0.5) is 20.7 Å². The van der Waals surface area contributed by atoms with Gasteiger partial charge in [-0.3, -0.25) is 4.79 Å². The van der Waals surface area contributed by atoms with E-state index < -0.39 is 11.4 Å². The Balaban J connectivity index is 1.43. The first kappa shape index (κ1) is 34.7. The van der Waals surface area contributed by atoms with Gasteiger partial charge in [-0.25, -0.2) is 14.2 Å². The molecule has 0 bridgehead atoms. The number of carbonyl (C=O) groups is 2. The molecule has 48 heavy (non-hydrogen) atoms. The fraction of sp³-hybridized carbons (Fsp3) is 0.472. The summed E-state index contributed by atoms with van der Waals surface area (Å²) in [6.45, 7) is 7.67. The van der Waals surface area contributed by atoms with Crippen molar-refractivity contribution >= 4 is 23.5 Å². The number of nitrogens with zero attached hydrogens (tertiary/aromatic N) is 3. The Bertz CT molecular complexity index is 1610. The van der Waals surface area contributed by atoms with Crippen molar-refractivity contribution in [2.45, 2.75) is 58.7 Å². The van der Waals surface area contributed by atoms with Crippen LogP contribution in [0, 0.1) is 11.7 Å². The van der Waals surface area contributed by atoms with Crippen molar-refractivity contribution in [1.82, 2.24) is 14.8 Å². The average molecular weight is 665 g/mol. The van der Waals surface area contributed by atoms with Gasteiger partial charge in [-0.1, -0.05) is 0 Å². The van der Waals surface area contributed by atoms with Gasteiger partial charge < -0.3 is 38.8 Å². The number of likely N-dealkylation sites (tertiary alicyclic amines) is 1. The molecule has 1 aromatic heterocycles. The molecule has 2 aliphatic heterocycles. The molecule has 2 amide bonds. The van der Waals surface area contributed by atoms with Crippen LogP contribution in [-0.2, 0) is 29.0 Å². The molecule has 0 radical (unpaired) electrons. The molecular weight excluding hydrogens is 619 g/mol. The number of aromatic nitrogens is 1. The van der Waals surface area contributed by atoms with E-state index in [0.29, 0.717) is 61.2 Å². The lowest BCUT2D eigenvalue weighted by atomic mass is 9.92. The number of halogens is 1. The minimum Gasteiger partial charge on any atom is -0.497 e. The molecule has 1 N–H and O–H groups in total. The lowest BCUT2D eigenvalue weighted by Crippen LogP contribution is -2.43. The Kier molecular flexibility index (Phi) is 10.9. The van der Waals surface area contributed by atoms with Gasteiger partial charge in [0.05, 0.1) is 38.6 Å². The number of pyridine rings is 1. The number of benzene rings is 2. The van der Waals surface area contributed by atoms with E-state index >= 15 is 4.39 Å². The molecular formula is C36H45FN4O7. The normalized spacial score (nSPS) is 16.1. The first-order valence-corrected chi connectivity index (χ1v) is 16.2. The van der Waals surface area contributed by atoms with Crippen LogP contribution in [-0.4, -0.2) is 80.0 Å². The lowest BCUT2D eigenvalue weighted by Gasteiger charge is -2.34. The van der Waals surface area contributed by atoms with Crippen LogP contribution in [0.3, 0.4) is 0 Å². The summed E-state index contributed by atoms with van der Waals surface area (Å²) in [4.78, 5) is 34.8. The summed E-state index contributed by atoms with van der Waals surface area (Å²) >= 11 is 0. The minimum atomic E-state index is -0.610. The zero-order valence-corrected chi connectivity index (χ0v) is 28.6. The number of rotatable bonds is 12. The van der Waals surface area contributed by atoms with Crippen molar-refractivity contribution in [3.63, 3.8) is 0 Å². The van der Waals surface area contributed by atoms with Crippen LogP contribution in [0.15, 0.2) is 42.5 Å². The van der Waals surface area contributed by atoms with Crippen molar-refractivity contribution in [2.75, 3.05) is 52.9 Å². The highest BCUT2D eigenvalue weighted by molar-refractivity contribution is 6.03. The number of carbonyl (C=O) groups excluding carboxylic acids is 2. The second-order valence-electron chi connectivity index (χ2n) is 13.0. The minimum absolute atomic E-state index is 0.0283. The number of anilines is 2. The molecule has 11 nitrogen and oxygen atoms in total. The molecule has 12 heteroatoms. The molecule has 1 fully saturated rings. The maximum atomic E-state index is 16.4. The summed E-state index contributed by atoms with van der Waals surface area (Å²) in [5.41, 5.74) is 1.56. The standard InChI is InChI=1S/C36H45FN4O7/c1-36(2,3)48-35(43)40-15-7-8-23(20-40)18-29-32(37)28-22-41(21-24-9-12-27(45-5)19-30(24)46-6)34(42)31(28)33(39-29)38-25-10-13-26(14-11-25)47-17-16-44-4/h9-14,19,23H,7-8,15-18,20-22H2,1-6H3,(H,38,39). The van der Waals surface area contributed by atoms with E-state index in [0.717, 1.165) is 18.4 Å². The highest BCUT2D eigenvalue weighted by atomic mass is 19.1. The van der Waals surface area contributed by atoms with Gasteiger partial charge in [-0.05, 0) is 82.3 Å². The van der Waals surface area contributed by atoms with E-state index in [-0.39, 0.29) is 48.1 Å². The zero-order valence-electron chi connectivity index (χ0n) is 28.6. The number of fused-ring (bicyclic) bond motifs is 1. The zero-order chi connectivity index (χ0) is 34.4. The van der Waals surface area contributed by atoms with E-state index in [1.165, 1.54) is 0 Å². The molecule has 3 aromatic rings. The molecule has 3 heterocycles. The number of hydrogen-bond donors (Lipinski definition) is 1. The maximum absolute atomic E-state index is 16.4. The third-order valence-electron chi connectivity index (χ3n) is 8.34. The summed E-state index contributed by atoms with van der Waals surface area (Å²) in [6, 6.07) is 12.6. The third-order valence-corrected chi connectivity index (χ3v) is 8.34. The van der Waals surface area contributed by atoms with Crippen LogP contribution in [0.2, 0.25) is 0 Å². The third kappa shape index (κ3) is 8.28. The number of ether oxygens (including phenoxy) is 5. The van der Waals surface area contributed by atoms with E-state index in [2.05, 4.69) is 5.32 Å². The van der Waals surface area contributed by atoms with Gasteiger partial charge >= 0.3 is 6.09 Å². The van der Waals surface area contributed by atoms with Gasteiger partial charge in [0.2, 0.25) is 0 Å². The number of nitrogens with one attached hydrogen (secondary N) is 1. The number of amides is 2. The molecule has 2 aliphatic rings. The Morgan fingerprint density at radius 3 is 2.48 bits per heavy atom. The molecule has 1 unspecified atom stereocenters. The van der Waals surface area contributed by atoms with E-state index in [1.54, 1.807) is 55.4 Å². The Hall–Kier alpha value is -4.58. The van der Waals surface area contributed by atoms with E-state index in [4.69, 9.17) is 28.7 Å². The number of hydrogen-bond acceptors (Lipinski definition) is 9. The second-order valence-corrected chi connectivity index (χ2v) is 13.0. The van der Waals surface area contributed by atoms with Gasteiger partial charge in [0.25, 0.3) is 5.91 Å². The summed E-state index contributed by atoms with van der Waals surface area (Å²) in [7, 11) is 4.74. The number of methoxy groups -OCH3 is 3. The molecule has 1 saturated heterocycles. The highest BCUT2D eigenvalue weighted by Crippen LogP contribution is 2.37. The monoisotopic (exact) mass is 664 g/mol. The molecule has 258 valence electrons. The fourth-order valence-electron chi connectivity index (χ4n) is 6.02. The molecule has 0 saturated carbocycles. The van der Waals surface area contributed by atoms with Crippen LogP contribution in [0.5, 0.6) is 17.2 Å². The second kappa shape index (κ2) is 15.1. The van der Waals surface area contributed by atoms with E-state index in [1.807, 2.05) is 39.0 Å². The van der Waals surface area contributed by atoms with Gasteiger partial charge in [-0.2, -0.15) is 0 Å². The SMILES string of the molecule is COCCOc1ccc(Nc2nc(CC3CCCN(C(=O)OC(C)(C)C)C3)c(F)c3c2C(=O)N(Cc2ccc(OC)cc2OC)C3)cc1. The van der Waals surface area contributed by atoms with Crippen molar-refractivity contribution in [1.29, 1.82) is 0 Å². The van der Waals surface area contributed by atoms with Crippen LogP contribution in [0.25, 0.3) is 0 Å². The van der Waals surface area contributed by atoms with Crippen molar-refractivity contribution < 1.29 is 37.7 Å². The molecule has 1 atom stereocenters. The van der Waals surface area contributed by atoms with Crippen molar-refractivity contribution in [3.8, 4) is 17.2 Å².